The summed E-state index contributed by atoms with van der Waals surface area (Å²) < 4.78 is 38.1. The van der Waals surface area contributed by atoms with Crippen molar-refractivity contribution < 1.29 is 18.0 Å². The predicted molar refractivity (Wildman–Crippen MR) is 58.2 cm³/mol. The SMILES string of the molecule is CC(C)C(=O)c1ccc(C2(C(F)(F)F)N=N2)cc1. The lowest BCUT2D eigenvalue weighted by Crippen LogP contribution is -2.30. The number of Topliss-reactive ketones (excluding diaryl/α,β-unsaturated/α-hetero) is 1. The van der Waals surface area contributed by atoms with Crippen molar-refractivity contribution in [1.82, 2.24) is 0 Å². The monoisotopic (exact) mass is 256 g/mol. The molecule has 0 radical (unpaired) electrons. The Morgan fingerprint density at radius 1 is 1.17 bits per heavy atom. The molecule has 0 amide bonds. The van der Waals surface area contributed by atoms with E-state index in [1.165, 1.54) is 24.3 Å². The van der Waals surface area contributed by atoms with E-state index in [9.17, 15) is 18.0 Å². The highest BCUT2D eigenvalue weighted by atomic mass is 19.4. The zero-order chi connectivity index (χ0) is 13.6. The molecule has 0 N–H and O–H groups in total. The second kappa shape index (κ2) is 3.90. The third kappa shape index (κ3) is 1.91. The van der Waals surface area contributed by atoms with Crippen LogP contribution >= 0.6 is 0 Å². The minimum Gasteiger partial charge on any atom is -0.294 e. The molecule has 0 aromatic heterocycles. The van der Waals surface area contributed by atoms with Crippen molar-refractivity contribution in [3.8, 4) is 0 Å². The number of ketones is 1. The summed E-state index contributed by atoms with van der Waals surface area (Å²) in [6.45, 7) is 3.47. The molecule has 0 fully saturated rings. The van der Waals surface area contributed by atoms with Crippen molar-refractivity contribution in [3.05, 3.63) is 35.4 Å². The molecule has 1 aliphatic heterocycles. The van der Waals surface area contributed by atoms with Gasteiger partial charge in [0.1, 0.15) is 0 Å². The molecule has 1 aliphatic rings. The van der Waals surface area contributed by atoms with Crippen LogP contribution < -0.4 is 0 Å². The number of hydrogen-bond donors (Lipinski definition) is 0. The lowest BCUT2D eigenvalue weighted by Gasteiger charge is -2.15. The van der Waals surface area contributed by atoms with Gasteiger partial charge in [0.2, 0.25) is 0 Å². The Kier molecular flexibility index (Phi) is 2.76. The summed E-state index contributed by atoms with van der Waals surface area (Å²) in [5.41, 5.74) is -2.08. The van der Waals surface area contributed by atoms with Crippen molar-refractivity contribution in [1.29, 1.82) is 0 Å². The van der Waals surface area contributed by atoms with Gasteiger partial charge in [0.25, 0.3) is 0 Å². The molecule has 0 atom stereocenters. The molecule has 6 heteroatoms. The van der Waals surface area contributed by atoms with Crippen molar-refractivity contribution in [2.45, 2.75) is 25.7 Å². The highest BCUT2D eigenvalue weighted by Crippen LogP contribution is 2.52. The van der Waals surface area contributed by atoms with Gasteiger partial charge in [-0.2, -0.15) is 13.2 Å². The molecule has 1 aromatic carbocycles. The molecule has 0 saturated heterocycles. The van der Waals surface area contributed by atoms with Crippen LogP contribution in [0.4, 0.5) is 13.2 Å². The van der Waals surface area contributed by atoms with E-state index in [4.69, 9.17) is 0 Å². The van der Waals surface area contributed by atoms with E-state index in [1.54, 1.807) is 13.8 Å². The molecule has 0 aliphatic carbocycles. The maximum absolute atomic E-state index is 12.7. The summed E-state index contributed by atoms with van der Waals surface area (Å²) >= 11 is 0. The van der Waals surface area contributed by atoms with Gasteiger partial charge in [-0.1, -0.05) is 38.1 Å². The zero-order valence-corrected chi connectivity index (χ0v) is 9.82. The fourth-order valence-corrected chi connectivity index (χ4v) is 1.64. The summed E-state index contributed by atoms with van der Waals surface area (Å²) in [5.74, 6) is -0.296. The Bertz CT molecular complexity index is 497. The minimum absolute atomic E-state index is 0.0599. The summed E-state index contributed by atoms with van der Waals surface area (Å²) in [7, 11) is 0. The van der Waals surface area contributed by atoms with Gasteiger partial charge >= 0.3 is 11.8 Å². The standard InChI is InChI=1S/C12H11F3N2O/c1-7(2)10(18)8-3-5-9(6-4-8)11(16-17-11)12(13,14)15/h3-7H,1-2H3. The van der Waals surface area contributed by atoms with Crippen molar-refractivity contribution in [3.63, 3.8) is 0 Å². The van der Waals surface area contributed by atoms with Gasteiger partial charge in [-0.05, 0) is 0 Å². The van der Waals surface area contributed by atoms with Crippen LogP contribution in [0.2, 0.25) is 0 Å². The van der Waals surface area contributed by atoms with Crippen molar-refractivity contribution >= 4 is 5.78 Å². The van der Waals surface area contributed by atoms with Crippen molar-refractivity contribution in [2.24, 2.45) is 16.1 Å². The van der Waals surface area contributed by atoms with Gasteiger partial charge < -0.3 is 0 Å². The van der Waals surface area contributed by atoms with Crippen LogP contribution in [0.25, 0.3) is 0 Å². The number of halogens is 3. The maximum Gasteiger partial charge on any atom is 0.442 e. The van der Waals surface area contributed by atoms with E-state index in [0.717, 1.165) is 0 Å². The van der Waals surface area contributed by atoms with Crippen LogP contribution in [-0.2, 0) is 5.66 Å². The Morgan fingerprint density at radius 3 is 2.00 bits per heavy atom. The highest BCUT2D eigenvalue weighted by molar-refractivity contribution is 5.97. The Labute approximate surface area is 102 Å². The predicted octanol–water partition coefficient (Wildman–Crippen LogP) is 3.71. The molecule has 3 nitrogen and oxygen atoms in total. The molecule has 18 heavy (non-hydrogen) atoms. The van der Waals surface area contributed by atoms with Crippen molar-refractivity contribution in [2.75, 3.05) is 0 Å². The van der Waals surface area contributed by atoms with E-state index in [2.05, 4.69) is 10.2 Å². The smallest absolute Gasteiger partial charge is 0.294 e. The number of carbonyl (C=O) groups excluding carboxylic acids is 1. The largest absolute Gasteiger partial charge is 0.442 e. The van der Waals surface area contributed by atoms with E-state index in [0.29, 0.717) is 5.56 Å². The molecule has 1 aromatic rings. The second-order valence-electron chi connectivity index (χ2n) is 4.47. The molecule has 0 saturated carbocycles. The quantitative estimate of drug-likeness (QED) is 0.760. The molecule has 0 spiro atoms. The fraction of sp³-hybridized carbons (Fsp3) is 0.417. The summed E-state index contributed by atoms with van der Waals surface area (Å²) in [4.78, 5) is 11.6. The van der Waals surface area contributed by atoms with Crippen LogP contribution in [0.5, 0.6) is 0 Å². The normalized spacial score (nSPS) is 17.0. The average Bonchev–Trinajstić information content (AvgIpc) is 3.08. The number of hydrogen-bond acceptors (Lipinski definition) is 3. The van der Waals surface area contributed by atoms with Gasteiger partial charge in [0.15, 0.2) is 5.78 Å². The van der Waals surface area contributed by atoms with Crippen LogP contribution in [0.1, 0.15) is 29.8 Å². The third-order valence-electron chi connectivity index (χ3n) is 2.79. The van der Waals surface area contributed by atoms with E-state index in [1.807, 2.05) is 0 Å². The minimum atomic E-state index is -4.53. The first-order valence-electron chi connectivity index (χ1n) is 5.43. The lowest BCUT2D eigenvalue weighted by molar-refractivity contribution is -0.166. The molecular formula is C12H11F3N2O. The Balaban J connectivity index is 2.27. The molecule has 2 rings (SSSR count). The van der Waals surface area contributed by atoms with Crippen LogP contribution in [0, 0.1) is 5.92 Å². The van der Waals surface area contributed by atoms with E-state index >= 15 is 0 Å². The molecule has 1 heterocycles. The Morgan fingerprint density at radius 2 is 1.67 bits per heavy atom. The summed E-state index contributed by atoms with van der Waals surface area (Å²) in [5, 5.41) is 6.20. The number of nitrogens with zero attached hydrogens (tertiary/aromatic N) is 2. The molecule has 0 bridgehead atoms. The van der Waals surface area contributed by atoms with Gasteiger partial charge in [-0.15, -0.1) is 10.2 Å². The van der Waals surface area contributed by atoms with Crippen LogP contribution in [0.15, 0.2) is 34.5 Å². The molecular weight excluding hydrogens is 245 g/mol. The second-order valence-corrected chi connectivity index (χ2v) is 4.47. The number of alkyl halides is 3. The first-order valence-corrected chi connectivity index (χ1v) is 5.43. The van der Waals surface area contributed by atoms with Gasteiger partial charge in [0.05, 0.1) is 0 Å². The first kappa shape index (κ1) is 12.7. The molecule has 96 valence electrons. The fourth-order valence-electron chi connectivity index (χ4n) is 1.64. The van der Waals surface area contributed by atoms with E-state index in [-0.39, 0.29) is 17.3 Å². The Hall–Kier alpha value is -1.72. The maximum atomic E-state index is 12.7. The van der Waals surface area contributed by atoms with Gasteiger partial charge in [-0.3, -0.25) is 4.79 Å². The molecule has 0 unspecified atom stereocenters. The zero-order valence-electron chi connectivity index (χ0n) is 9.82. The number of benzene rings is 1. The van der Waals surface area contributed by atoms with Crippen LogP contribution in [0.3, 0.4) is 0 Å². The third-order valence-corrected chi connectivity index (χ3v) is 2.79. The summed E-state index contributed by atoms with van der Waals surface area (Å²) in [6.07, 6.45) is -4.53. The topological polar surface area (TPSA) is 41.8 Å². The first-order chi connectivity index (χ1) is 8.28. The van der Waals surface area contributed by atoms with Gasteiger partial charge in [-0.25, -0.2) is 0 Å². The van der Waals surface area contributed by atoms with Crippen LogP contribution in [-0.4, -0.2) is 12.0 Å². The average molecular weight is 256 g/mol. The van der Waals surface area contributed by atoms with E-state index < -0.39 is 11.8 Å². The van der Waals surface area contributed by atoms with Gasteiger partial charge in [0, 0.05) is 17.0 Å². The number of carbonyl (C=O) groups is 1. The summed E-state index contributed by atoms with van der Waals surface area (Å²) in [6, 6.07) is 5.27. The highest BCUT2D eigenvalue weighted by Gasteiger charge is 2.65. The number of rotatable bonds is 3. The lowest BCUT2D eigenvalue weighted by atomic mass is 9.96.